The minimum Gasteiger partial charge on any atom is -0.485 e. The van der Waals surface area contributed by atoms with Crippen LogP contribution in [0.5, 0.6) is 5.75 Å². The van der Waals surface area contributed by atoms with Gasteiger partial charge in [0.15, 0.2) is 11.4 Å². The van der Waals surface area contributed by atoms with E-state index in [1.54, 1.807) is 12.1 Å². The Labute approximate surface area is 127 Å². The molecular weight excluding hydrogens is 291 g/mol. The number of alkyl halides is 1. The van der Waals surface area contributed by atoms with Gasteiger partial charge in [0.1, 0.15) is 12.4 Å². The standard InChI is InChI=1S/C16H14ClFN2O/c1-11-14(9-17)20-8-2-3-15(16(20)19-11)21-10-12-4-6-13(18)7-5-12/h2-8H,9-10H2,1H3. The number of pyridine rings is 1. The zero-order valence-corrected chi connectivity index (χ0v) is 12.3. The molecule has 0 amide bonds. The van der Waals surface area contributed by atoms with Crippen molar-refractivity contribution in [2.24, 2.45) is 0 Å². The molecule has 3 nitrogen and oxygen atoms in total. The van der Waals surface area contributed by atoms with Crippen LogP contribution in [0, 0.1) is 12.7 Å². The number of benzene rings is 1. The third-order valence-corrected chi connectivity index (χ3v) is 3.60. The quantitative estimate of drug-likeness (QED) is 0.678. The number of ether oxygens (including phenoxy) is 1. The Morgan fingerprint density at radius 3 is 2.71 bits per heavy atom. The van der Waals surface area contributed by atoms with Crippen molar-refractivity contribution < 1.29 is 9.13 Å². The zero-order valence-electron chi connectivity index (χ0n) is 11.5. The molecule has 0 fully saturated rings. The second-order valence-corrected chi connectivity index (χ2v) is 5.03. The molecule has 108 valence electrons. The van der Waals surface area contributed by atoms with Gasteiger partial charge in [-0.05, 0) is 36.8 Å². The second-order valence-electron chi connectivity index (χ2n) is 4.76. The number of aromatic nitrogens is 2. The van der Waals surface area contributed by atoms with Gasteiger partial charge in [-0.1, -0.05) is 12.1 Å². The van der Waals surface area contributed by atoms with E-state index in [2.05, 4.69) is 4.98 Å². The molecule has 3 aromatic rings. The summed E-state index contributed by atoms with van der Waals surface area (Å²) < 4.78 is 20.6. The predicted octanol–water partition coefficient (Wildman–Crippen LogP) is 4.10. The van der Waals surface area contributed by atoms with Crippen LogP contribution in [0.4, 0.5) is 4.39 Å². The number of hydrogen-bond acceptors (Lipinski definition) is 2. The highest BCUT2D eigenvalue weighted by molar-refractivity contribution is 6.17. The van der Waals surface area contributed by atoms with Crippen molar-refractivity contribution in [3.63, 3.8) is 0 Å². The van der Waals surface area contributed by atoms with Gasteiger partial charge >= 0.3 is 0 Å². The molecule has 21 heavy (non-hydrogen) atoms. The van der Waals surface area contributed by atoms with E-state index < -0.39 is 0 Å². The maximum Gasteiger partial charge on any atom is 0.180 e. The van der Waals surface area contributed by atoms with Crippen molar-refractivity contribution in [2.75, 3.05) is 0 Å². The van der Waals surface area contributed by atoms with Crippen molar-refractivity contribution in [1.29, 1.82) is 0 Å². The fourth-order valence-corrected chi connectivity index (χ4v) is 2.54. The Morgan fingerprint density at radius 1 is 1.24 bits per heavy atom. The number of halogens is 2. The van der Waals surface area contributed by atoms with Crippen LogP contribution in [0.25, 0.3) is 5.65 Å². The van der Waals surface area contributed by atoms with Crippen LogP contribution < -0.4 is 4.74 Å². The summed E-state index contributed by atoms with van der Waals surface area (Å²) >= 11 is 5.96. The van der Waals surface area contributed by atoms with Gasteiger partial charge in [0.05, 0.1) is 17.3 Å². The lowest BCUT2D eigenvalue weighted by Gasteiger charge is -2.08. The molecule has 3 rings (SSSR count). The van der Waals surface area contributed by atoms with E-state index in [1.807, 2.05) is 29.7 Å². The maximum absolute atomic E-state index is 12.9. The molecule has 0 bridgehead atoms. The fourth-order valence-electron chi connectivity index (χ4n) is 2.22. The van der Waals surface area contributed by atoms with E-state index in [0.717, 1.165) is 22.6 Å². The molecular formula is C16H14ClFN2O. The average molecular weight is 305 g/mol. The van der Waals surface area contributed by atoms with Gasteiger partial charge in [0.2, 0.25) is 0 Å². The molecule has 0 atom stereocenters. The molecule has 2 heterocycles. The van der Waals surface area contributed by atoms with Crippen LogP contribution in [-0.4, -0.2) is 9.38 Å². The first kappa shape index (κ1) is 13.9. The van der Waals surface area contributed by atoms with Gasteiger partial charge in [0.25, 0.3) is 0 Å². The van der Waals surface area contributed by atoms with Crippen molar-refractivity contribution >= 4 is 17.2 Å². The number of aryl methyl sites for hydroxylation is 1. The average Bonchev–Trinajstić information content (AvgIpc) is 2.82. The molecule has 5 heteroatoms. The van der Waals surface area contributed by atoms with Crippen LogP contribution in [0.15, 0.2) is 42.6 Å². The van der Waals surface area contributed by atoms with E-state index >= 15 is 0 Å². The van der Waals surface area contributed by atoms with Gasteiger partial charge in [-0.25, -0.2) is 9.37 Å². The van der Waals surface area contributed by atoms with E-state index in [9.17, 15) is 4.39 Å². The van der Waals surface area contributed by atoms with Crippen molar-refractivity contribution in [3.05, 3.63) is 65.4 Å². The summed E-state index contributed by atoms with van der Waals surface area (Å²) in [6.07, 6.45) is 1.91. The molecule has 0 unspecified atom stereocenters. The minimum absolute atomic E-state index is 0.253. The lowest BCUT2D eigenvalue weighted by Crippen LogP contribution is -1.98. The number of nitrogens with zero attached hydrogens (tertiary/aromatic N) is 2. The Morgan fingerprint density at radius 2 is 2.00 bits per heavy atom. The van der Waals surface area contributed by atoms with Crippen LogP contribution in [0.1, 0.15) is 17.0 Å². The Hall–Kier alpha value is -2.07. The lowest BCUT2D eigenvalue weighted by atomic mass is 10.2. The highest BCUT2D eigenvalue weighted by Gasteiger charge is 2.11. The molecule has 0 spiro atoms. The molecule has 0 aliphatic heterocycles. The van der Waals surface area contributed by atoms with E-state index in [-0.39, 0.29) is 5.82 Å². The molecule has 0 N–H and O–H groups in total. The highest BCUT2D eigenvalue weighted by atomic mass is 35.5. The molecule has 0 saturated carbocycles. The summed E-state index contributed by atoms with van der Waals surface area (Å²) in [5.74, 6) is 0.826. The fraction of sp³-hybridized carbons (Fsp3) is 0.188. The zero-order chi connectivity index (χ0) is 14.8. The van der Waals surface area contributed by atoms with E-state index in [1.165, 1.54) is 12.1 Å². The first-order valence-electron chi connectivity index (χ1n) is 6.59. The summed E-state index contributed by atoms with van der Waals surface area (Å²) in [4.78, 5) is 4.50. The Balaban J connectivity index is 1.88. The van der Waals surface area contributed by atoms with Crippen LogP contribution in [0.3, 0.4) is 0 Å². The Bertz CT molecular complexity index is 768. The summed E-state index contributed by atoms with van der Waals surface area (Å²) in [6, 6.07) is 10.0. The lowest BCUT2D eigenvalue weighted by molar-refractivity contribution is 0.308. The van der Waals surface area contributed by atoms with Gasteiger partial charge < -0.3 is 4.74 Å². The molecule has 1 aromatic carbocycles. The van der Waals surface area contributed by atoms with Gasteiger partial charge in [-0.3, -0.25) is 4.40 Å². The third kappa shape index (κ3) is 2.72. The van der Waals surface area contributed by atoms with Crippen molar-refractivity contribution in [3.8, 4) is 5.75 Å². The molecule has 2 aromatic heterocycles. The third-order valence-electron chi connectivity index (χ3n) is 3.35. The van der Waals surface area contributed by atoms with E-state index in [4.69, 9.17) is 16.3 Å². The molecule has 0 saturated heterocycles. The summed E-state index contributed by atoms with van der Waals surface area (Å²) in [5, 5.41) is 0. The monoisotopic (exact) mass is 304 g/mol. The predicted molar refractivity (Wildman–Crippen MR) is 80.2 cm³/mol. The van der Waals surface area contributed by atoms with Gasteiger partial charge in [-0.2, -0.15) is 0 Å². The molecule has 0 aliphatic rings. The highest BCUT2D eigenvalue weighted by Crippen LogP contribution is 2.23. The minimum atomic E-state index is -0.253. The normalized spacial score (nSPS) is 11.0. The first-order valence-corrected chi connectivity index (χ1v) is 7.12. The number of fused-ring (bicyclic) bond motifs is 1. The van der Waals surface area contributed by atoms with Gasteiger partial charge in [-0.15, -0.1) is 11.6 Å². The number of rotatable bonds is 4. The topological polar surface area (TPSA) is 26.5 Å². The Kier molecular flexibility index (Phi) is 3.80. The second kappa shape index (κ2) is 5.74. The number of imidazole rings is 1. The largest absolute Gasteiger partial charge is 0.485 e. The van der Waals surface area contributed by atoms with Gasteiger partial charge in [0, 0.05) is 6.20 Å². The number of hydrogen-bond donors (Lipinski definition) is 0. The summed E-state index contributed by atoms with van der Waals surface area (Å²) in [6.45, 7) is 2.29. The van der Waals surface area contributed by atoms with Crippen molar-refractivity contribution in [2.45, 2.75) is 19.4 Å². The first-order chi connectivity index (χ1) is 10.2. The molecule has 0 radical (unpaired) electrons. The summed E-state index contributed by atoms with van der Waals surface area (Å²) in [7, 11) is 0. The molecule has 0 aliphatic carbocycles. The van der Waals surface area contributed by atoms with Crippen LogP contribution in [0.2, 0.25) is 0 Å². The van der Waals surface area contributed by atoms with E-state index in [0.29, 0.717) is 18.2 Å². The maximum atomic E-state index is 12.9. The SMILES string of the molecule is Cc1nc2c(OCc3ccc(F)cc3)cccn2c1CCl. The van der Waals surface area contributed by atoms with Crippen LogP contribution >= 0.6 is 11.6 Å². The smallest absolute Gasteiger partial charge is 0.180 e. The summed E-state index contributed by atoms with van der Waals surface area (Å²) in [5.41, 5.74) is 3.49. The van der Waals surface area contributed by atoms with Crippen molar-refractivity contribution in [1.82, 2.24) is 9.38 Å². The van der Waals surface area contributed by atoms with Crippen LogP contribution in [-0.2, 0) is 12.5 Å².